The molecule has 0 unspecified atom stereocenters. The molecule has 1 atom stereocenters. The fourth-order valence-electron chi connectivity index (χ4n) is 3.59. The Morgan fingerprint density at radius 3 is 2.67 bits per heavy atom. The van der Waals surface area contributed by atoms with Crippen molar-refractivity contribution in [2.75, 3.05) is 18.4 Å². The van der Waals surface area contributed by atoms with Gasteiger partial charge in [-0.1, -0.05) is 41.9 Å². The molecule has 0 bridgehead atoms. The Labute approximate surface area is 216 Å². The van der Waals surface area contributed by atoms with Crippen molar-refractivity contribution >= 4 is 55.6 Å². The summed E-state index contributed by atoms with van der Waals surface area (Å²) in [5.41, 5.74) is 7.91. The number of carbonyl (C=O) groups excluding carboxylic acids is 1. The van der Waals surface area contributed by atoms with E-state index >= 15 is 0 Å². The van der Waals surface area contributed by atoms with Crippen LogP contribution in [0, 0.1) is 0 Å². The Balaban J connectivity index is 1.64. The minimum absolute atomic E-state index is 0.0702. The topological polar surface area (TPSA) is 149 Å². The number of benzene rings is 2. The van der Waals surface area contributed by atoms with Crippen molar-refractivity contribution < 1.29 is 23.1 Å². The molecule has 1 amide bonds. The van der Waals surface area contributed by atoms with Crippen LogP contribution in [-0.4, -0.2) is 49.0 Å². The normalized spacial score (nSPS) is 12.4. The van der Waals surface area contributed by atoms with Crippen molar-refractivity contribution in [1.29, 1.82) is 0 Å². The number of nitrogens with one attached hydrogen (secondary N) is 2. The first kappa shape index (κ1) is 25.9. The van der Waals surface area contributed by atoms with E-state index in [4.69, 9.17) is 27.2 Å². The third-order valence-electron chi connectivity index (χ3n) is 5.33. The van der Waals surface area contributed by atoms with Gasteiger partial charge in [-0.05, 0) is 35.4 Å². The number of aliphatic hydroxyl groups excluding tert-OH is 1. The second kappa shape index (κ2) is 10.8. The number of sulfonamides is 1. The fourth-order valence-corrected chi connectivity index (χ4v) is 6.09. The molecule has 13 heteroatoms. The number of rotatable bonds is 10. The van der Waals surface area contributed by atoms with E-state index < -0.39 is 28.6 Å². The third kappa shape index (κ3) is 5.63. The molecule has 10 nitrogen and oxygen atoms in total. The van der Waals surface area contributed by atoms with Gasteiger partial charge in [0.05, 0.1) is 35.5 Å². The van der Waals surface area contributed by atoms with Crippen molar-refractivity contribution in [3.05, 3.63) is 70.1 Å². The molecule has 2 aromatic heterocycles. The van der Waals surface area contributed by atoms with Gasteiger partial charge in [0.1, 0.15) is 16.0 Å². The SMILES string of the molecule is COc1cccc2c1c(NS(=O)(=O)c1ccc(Cl)s1)nn2Cc1cccc(CNC(=O)[C@@H](N)CO)c1. The van der Waals surface area contributed by atoms with Crippen LogP contribution in [0.1, 0.15) is 11.1 Å². The maximum absolute atomic E-state index is 13.0. The molecule has 0 radical (unpaired) electrons. The van der Waals surface area contributed by atoms with E-state index in [1.165, 1.54) is 19.2 Å². The number of nitrogens with two attached hydrogens (primary N) is 1. The summed E-state index contributed by atoms with van der Waals surface area (Å²) in [6.07, 6.45) is 0. The zero-order valence-corrected chi connectivity index (χ0v) is 21.5. The van der Waals surface area contributed by atoms with Crippen LogP contribution in [0.4, 0.5) is 5.82 Å². The first-order valence-corrected chi connectivity index (χ1v) is 13.4. The van der Waals surface area contributed by atoms with Crippen molar-refractivity contribution in [3.8, 4) is 5.75 Å². The molecule has 0 saturated carbocycles. The number of hydrogen-bond acceptors (Lipinski definition) is 8. The van der Waals surface area contributed by atoms with Crippen LogP contribution in [0.25, 0.3) is 10.9 Å². The summed E-state index contributed by atoms with van der Waals surface area (Å²) >= 11 is 6.88. The lowest BCUT2D eigenvalue weighted by Crippen LogP contribution is -2.42. The summed E-state index contributed by atoms with van der Waals surface area (Å²) in [5.74, 6) is 0.155. The minimum atomic E-state index is -3.92. The van der Waals surface area contributed by atoms with E-state index in [1.807, 2.05) is 30.3 Å². The van der Waals surface area contributed by atoms with Crippen LogP contribution in [0.3, 0.4) is 0 Å². The summed E-state index contributed by atoms with van der Waals surface area (Å²) in [4.78, 5) is 11.9. The van der Waals surface area contributed by atoms with Gasteiger partial charge in [-0.3, -0.25) is 14.2 Å². The molecule has 36 heavy (non-hydrogen) atoms. The molecular formula is C23H24ClN5O5S2. The maximum atomic E-state index is 13.0. The van der Waals surface area contributed by atoms with Gasteiger partial charge >= 0.3 is 0 Å². The van der Waals surface area contributed by atoms with Crippen molar-refractivity contribution in [3.63, 3.8) is 0 Å². The number of aliphatic hydroxyl groups is 1. The first-order chi connectivity index (χ1) is 17.2. The average Bonchev–Trinajstić information content (AvgIpc) is 3.46. The lowest BCUT2D eigenvalue weighted by Gasteiger charge is -2.11. The van der Waals surface area contributed by atoms with E-state index in [9.17, 15) is 13.2 Å². The van der Waals surface area contributed by atoms with Gasteiger partial charge < -0.3 is 20.9 Å². The minimum Gasteiger partial charge on any atom is -0.496 e. The number of fused-ring (bicyclic) bond motifs is 1. The number of anilines is 1. The number of methoxy groups -OCH3 is 1. The molecule has 4 rings (SSSR count). The Hall–Kier alpha value is -3.16. The highest BCUT2D eigenvalue weighted by atomic mass is 35.5. The summed E-state index contributed by atoms with van der Waals surface area (Å²) in [6.45, 7) is 0.129. The van der Waals surface area contributed by atoms with Gasteiger partial charge in [-0.2, -0.15) is 5.10 Å². The van der Waals surface area contributed by atoms with Crippen LogP contribution < -0.4 is 20.5 Å². The fraction of sp³-hybridized carbons (Fsp3) is 0.217. The zero-order chi connectivity index (χ0) is 25.9. The lowest BCUT2D eigenvalue weighted by molar-refractivity contribution is -0.123. The number of hydrogen-bond donors (Lipinski definition) is 4. The average molecular weight is 550 g/mol. The van der Waals surface area contributed by atoms with E-state index in [1.54, 1.807) is 16.8 Å². The van der Waals surface area contributed by atoms with Crippen LogP contribution in [0.5, 0.6) is 5.75 Å². The van der Waals surface area contributed by atoms with E-state index in [0.29, 0.717) is 27.5 Å². The molecule has 2 heterocycles. The van der Waals surface area contributed by atoms with Crippen molar-refractivity contribution in [2.45, 2.75) is 23.3 Å². The monoisotopic (exact) mass is 549 g/mol. The molecule has 0 aliphatic carbocycles. The molecule has 190 valence electrons. The van der Waals surface area contributed by atoms with Crippen LogP contribution in [0.15, 0.2) is 58.8 Å². The molecule has 0 spiro atoms. The molecule has 5 N–H and O–H groups in total. The van der Waals surface area contributed by atoms with E-state index in [-0.39, 0.29) is 16.6 Å². The lowest BCUT2D eigenvalue weighted by atomic mass is 10.1. The summed E-state index contributed by atoms with van der Waals surface area (Å²) in [5, 5.41) is 16.8. The number of amides is 1. The first-order valence-electron chi connectivity index (χ1n) is 10.8. The molecule has 0 saturated heterocycles. The van der Waals surface area contributed by atoms with Gasteiger partial charge in [-0.25, -0.2) is 8.42 Å². The van der Waals surface area contributed by atoms with Crippen LogP contribution in [0.2, 0.25) is 4.34 Å². The van der Waals surface area contributed by atoms with Crippen LogP contribution >= 0.6 is 22.9 Å². The highest BCUT2D eigenvalue weighted by molar-refractivity contribution is 7.94. The number of halogens is 1. The highest BCUT2D eigenvalue weighted by Crippen LogP contribution is 2.35. The Morgan fingerprint density at radius 1 is 1.22 bits per heavy atom. The second-order valence-electron chi connectivity index (χ2n) is 7.85. The second-order valence-corrected chi connectivity index (χ2v) is 11.5. The van der Waals surface area contributed by atoms with Gasteiger partial charge in [-0.15, -0.1) is 11.3 Å². The third-order valence-corrected chi connectivity index (χ3v) is 8.39. The van der Waals surface area contributed by atoms with Crippen molar-refractivity contribution in [2.24, 2.45) is 5.73 Å². The summed E-state index contributed by atoms with van der Waals surface area (Å²) in [6, 6.07) is 14.8. The smallest absolute Gasteiger partial charge is 0.272 e. The number of ether oxygens (including phenoxy) is 1. The maximum Gasteiger partial charge on any atom is 0.272 e. The predicted octanol–water partition coefficient (Wildman–Crippen LogP) is 2.54. The predicted molar refractivity (Wildman–Crippen MR) is 139 cm³/mol. The number of thiophene rings is 1. The molecule has 0 aliphatic rings. The number of nitrogens with zero attached hydrogens (tertiary/aromatic N) is 2. The molecule has 0 aliphatic heterocycles. The largest absolute Gasteiger partial charge is 0.496 e. The Morgan fingerprint density at radius 2 is 1.97 bits per heavy atom. The van der Waals surface area contributed by atoms with Gasteiger partial charge in [0.2, 0.25) is 5.91 Å². The molecular weight excluding hydrogens is 526 g/mol. The Bertz CT molecular complexity index is 1500. The highest BCUT2D eigenvalue weighted by Gasteiger charge is 2.23. The summed E-state index contributed by atoms with van der Waals surface area (Å²) < 4.78 is 36.1. The number of carbonyl (C=O) groups is 1. The zero-order valence-electron chi connectivity index (χ0n) is 19.1. The van der Waals surface area contributed by atoms with E-state index in [0.717, 1.165) is 22.5 Å². The van der Waals surface area contributed by atoms with Gasteiger partial charge in [0, 0.05) is 6.54 Å². The quantitative estimate of drug-likeness (QED) is 0.237. The molecule has 4 aromatic rings. The van der Waals surface area contributed by atoms with E-state index in [2.05, 4.69) is 15.1 Å². The Kier molecular flexibility index (Phi) is 7.81. The van der Waals surface area contributed by atoms with Gasteiger partial charge in [0.15, 0.2) is 5.82 Å². The van der Waals surface area contributed by atoms with Crippen molar-refractivity contribution in [1.82, 2.24) is 15.1 Å². The summed E-state index contributed by atoms with van der Waals surface area (Å²) in [7, 11) is -2.41. The molecule has 2 aromatic carbocycles. The molecule has 0 fully saturated rings. The van der Waals surface area contributed by atoms with Crippen LogP contribution in [-0.2, 0) is 27.9 Å². The van der Waals surface area contributed by atoms with Gasteiger partial charge in [0.25, 0.3) is 10.0 Å². The number of aromatic nitrogens is 2. The standard InChI is InChI=1S/C23H24ClN5O5S2/c1-34-18-7-3-6-17-21(18)22(28-36(32,33)20-9-8-19(24)35-20)27-29(17)12-15-5-2-4-14(10-15)11-26-23(31)16(25)13-30/h2-10,16,30H,11-13,25H2,1H3,(H,26,31)(H,27,28)/t16-/m0/s1.